The Bertz CT molecular complexity index is 651. The van der Waals surface area contributed by atoms with Crippen LogP contribution >= 0.6 is 11.3 Å². The van der Waals surface area contributed by atoms with Crippen LogP contribution in [0.2, 0.25) is 0 Å². The first-order chi connectivity index (χ1) is 9.27. The van der Waals surface area contributed by atoms with Gasteiger partial charge in [0.15, 0.2) is 0 Å². The lowest BCUT2D eigenvalue weighted by molar-refractivity contribution is -0.137. The first-order valence-electron chi connectivity index (χ1n) is 5.30. The fourth-order valence-corrected chi connectivity index (χ4v) is 2.46. The van der Waals surface area contributed by atoms with Crippen LogP contribution in [0.3, 0.4) is 0 Å². The maximum atomic E-state index is 13.2. The minimum absolute atomic E-state index is 0.0620. The zero-order valence-corrected chi connectivity index (χ0v) is 10.6. The molecular formula is C12H7F4NO2S. The molecule has 2 rings (SSSR count). The molecule has 0 spiro atoms. The molecule has 0 bridgehead atoms. The predicted molar refractivity (Wildman–Crippen MR) is 63.8 cm³/mol. The number of aliphatic carboxylic acids is 1. The summed E-state index contributed by atoms with van der Waals surface area (Å²) in [6.07, 6.45) is -5.03. The lowest BCUT2D eigenvalue weighted by Crippen LogP contribution is -2.07. The quantitative estimate of drug-likeness (QED) is 0.882. The lowest BCUT2D eigenvalue weighted by atomic mass is 10.1. The number of carboxylic acids is 1. The molecule has 1 aromatic heterocycles. The molecule has 1 aromatic carbocycles. The Hall–Kier alpha value is -1.96. The van der Waals surface area contributed by atoms with Gasteiger partial charge in [-0.25, -0.2) is 9.37 Å². The average molecular weight is 305 g/mol. The van der Waals surface area contributed by atoms with Gasteiger partial charge in [-0.1, -0.05) is 0 Å². The van der Waals surface area contributed by atoms with Crippen molar-refractivity contribution in [2.24, 2.45) is 0 Å². The maximum absolute atomic E-state index is 13.2. The average Bonchev–Trinajstić information content (AvgIpc) is 2.74. The van der Waals surface area contributed by atoms with Gasteiger partial charge in [0.25, 0.3) is 0 Å². The summed E-state index contributed by atoms with van der Waals surface area (Å²) in [5.41, 5.74) is -1.26. The van der Waals surface area contributed by atoms with E-state index in [1.165, 1.54) is 5.38 Å². The molecule has 0 radical (unpaired) electrons. The normalized spacial score (nSPS) is 11.6. The Morgan fingerprint density at radius 1 is 1.35 bits per heavy atom. The number of thiazole rings is 1. The molecule has 0 unspecified atom stereocenters. The van der Waals surface area contributed by atoms with E-state index in [1.807, 2.05) is 0 Å². The molecule has 0 fully saturated rings. The van der Waals surface area contributed by atoms with Crippen LogP contribution in [0, 0.1) is 5.82 Å². The molecule has 3 nitrogen and oxygen atoms in total. The summed E-state index contributed by atoms with van der Waals surface area (Å²) in [6, 6.07) is 2.10. The van der Waals surface area contributed by atoms with Crippen molar-refractivity contribution < 1.29 is 27.5 Å². The Balaban J connectivity index is 2.48. The van der Waals surface area contributed by atoms with E-state index < -0.39 is 29.9 Å². The van der Waals surface area contributed by atoms with Crippen molar-refractivity contribution in [2.75, 3.05) is 0 Å². The second kappa shape index (κ2) is 5.20. The second-order valence-corrected chi connectivity index (χ2v) is 4.76. The van der Waals surface area contributed by atoms with Crippen molar-refractivity contribution in [1.82, 2.24) is 4.98 Å². The summed E-state index contributed by atoms with van der Waals surface area (Å²) >= 11 is 0.842. The van der Waals surface area contributed by atoms with Gasteiger partial charge in [0.05, 0.1) is 17.7 Å². The molecule has 2 aromatic rings. The summed E-state index contributed by atoms with van der Waals surface area (Å²) in [6.45, 7) is 0. The Morgan fingerprint density at radius 3 is 2.65 bits per heavy atom. The number of carbonyl (C=O) groups is 1. The van der Waals surface area contributed by atoms with E-state index >= 15 is 0 Å². The third kappa shape index (κ3) is 3.13. The molecule has 20 heavy (non-hydrogen) atoms. The van der Waals surface area contributed by atoms with Crippen molar-refractivity contribution in [1.29, 1.82) is 0 Å². The van der Waals surface area contributed by atoms with Crippen molar-refractivity contribution in [2.45, 2.75) is 12.6 Å². The van der Waals surface area contributed by atoms with E-state index in [1.54, 1.807) is 0 Å². The van der Waals surface area contributed by atoms with Gasteiger partial charge in [0, 0.05) is 10.9 Å². The van der Waals surface area contributed by atoms with Crippen LogP contribution < -0.4 is 0 Å². The molecule has 0 saturated carbocycles. The lowest BCUT2D eigenvalue weighted by Gasteiger charge is -2.10. The molecular weight excluding hydrogens is 298 g/mol. The van der Waals surface area contributed by atoms with Crippen LogP contribution in [0.4, 0.5) is 17.6 Å². The van der Waals surface area contributed by atoms with Gasteiger partial charge < -0.3 is 5.11 Å². The molecule has 8 heteroatoms. The van der Waals surface area contributed by atoms with Gasteiger partial charge in [-0.3, -0.25) is 4.79 Å². The number of hydrogen-bond donors (Lipinski definition) is 1. The highest BCUT2D eigenvalue weighted by molar-refractivity contribution is 7.13. The minimum atomic E-state index is -4.64. The fraction of sp³-hybridized carbons (Fsp3) is 0.167. The zero-order valence-electron chi connectivity index (χ0n) is 9.74. The number of aromatic nitrogens is 1. The topological polar surface area (TPSA) is 50.2 Å². The monoisotopic (exact) mass is 305 g/mol. The van der Waals surface area contributed by atoms with Gasteiger partial charge >= 0.3 is 12.1 Å². The first-order valence-corrected chi connectivity index (χ1v) is 6.18. The standard InChI is InChI=1S/C12H7F4NO2S/c13-6-1-2-9(12(14,15)16)8(3-6)11-17-7(5-20-11)4-10(18)19/h1-3,5H,4H2,(H,18,19). The molecule has 0 saturated heterocycles. The van der Waals surface area contributed by atoms with Gasteiger partial charge in [-0.2, -0.15) is 13.2 Å². The number of hydrogen-bond acceptors (Lipinski definition) is 3. The molecule has 0 aliphatic heterocycles. The largest absolute Gasteiger partial charge is 0.481 e. The number of carboxylic acid groups (broad SMARTS) is 1. The summed E-state index contributed by atoms with van der Waals surface area (Å²) in [5.74, 6) is -1.96. The summed E-state index contributed by atoms with van der Waals surface area (Å²) < 4.78 is 51.7. The molecule has 0 atom stereocenters. The summed E-state index contributed by atoms with van der Waals surface area (Å²) in [7, 11) is 0. The van der Waals surface area contributed by atoms with Crippen LogP contribution in [0.1, 0.15) is 11.3 Å². The van der Waals surface area contributed by atoms with Crippen LogP contribution in [-0.4, -0.2) is 16.1 Å². The number of halogens is 4. The first kappa shape index (κ1) is 14.4. The van der Waals surface area contributed by atoms with Gasteiger partial charge in [0.2, 0.25) is 0 Å². The molecule has 0 aliphatic carbocycles. The highest BCUT2D eigenvalue weighted by Gasteiger charge is 2.34. The summed E-state index contributed by atoms with van der Waals surface area (Å²) in [4.78, 5) is 14.3. The maximum Gasteiger partial charge on any atom is 0.417 e. The van der Waals surface area contributed by atoms with Crippen LogP contribution in [0.25, 0.3) is 10.6 Å². The van der Waals surface area contributed by atoms with E-state index in [-0.39, 0.29) is 16.3 Å². The Labute approximate surface area is 114 Å². The zero-order chi connectivity index (χ0) is 14.9. The van der Waals surface area contributed by atoms with Gasteiger partial charge in [0.1, 0.15) is 10.8 Å². The fourth-order valence-electron chi connectivity index (χ4n) is 1.61. The van der Waals surface area contributed by atoms with Crippen LogP contribution in [0.5, 0.6) is 0 Å². The Kier molecular flexibility index (Phi) is 3.76. The Morgan fingerprint density at radius 2 is 2.05 bits per heavy atom. The van der Waals surface area contributed by atoms with Crippen molar-refractivity contribution in [3.05, 3.63) is 40.7 Å². The van der Waals surface area contributed by atoms with E-state index in [2.05, 4.69) is 4.98 Å². The van der Waals surface area contributed by atoms with Crippen LogP contribution in [-0.2, 0) is 17.4 Å². The van der Waals surface area contributed by atoms with Gasteiger partial charge in [-0.15, -0.1) is 11.3 Å². The molecule has 1 heterocycles. The third-order valence-electron chi connectivity index (χ3n) is 2.40. The van der Waals surface area contributed by atoms with Gasteiger partial charge in [-0.05, 0) is 18.2 Å². The van der Waals surface area contributed by atoms with Crippen LogP contribution in [0.15, 0.2) is 23.6 Å². The van der Waals surface area contributed by atoms with Crippen molar-refractivity contribution in [3.8, 4) is 10.6 Å². The predicted octanol–water partition coefficient (Wildman–Crippen LogP) is 3.60. The molecule has 0 amide bonds. The SMILES string of the molecule is O=C(O)Cc1csc(-c2cc(F)ccc2C(F)(F)F)n1. The number of benzene rings is 1. The molecule has 106 valence electrons. The number of alkyl halides is 3. The van der Waals surface area contributed by atoms with E-state index in [9.17, 15) is 22.4 Å². The van der Waals surface area contributed by atoms with E-state index in [0.29, 0.717) is 6.07 Å². The number of rotatable bonds is 3. The van der Waals surface area contributed by atoms with Crippen molar-refractivity contribution in [3.63, 3.8) is 0 Å². The smallest absolute Gasteiger partial charge is 0.417 e. The summed E-state index contributed by atoms with van der Waals surface area (Å²) in [5, 5.41) is 9.88. The highest BCUT2D eigenvalue weighted by atomic mass is 32.1. The molecule has 0 aliphatic rings. The second-order valence-electron chi connectivity index (χ2n) is 3.90. The highest BCUT2D eigenvalue weighted by Crippen LogP contribution is 2.38. The minimum Gasteiger partial charge on any atom is -0.481 e. The van der Waals surface area contributed by atoms with Crippen molar-refractivity contribution >= 4 is 17.3 Å². The molecule has 1 N–H and O–H groups in total. The third-order valence-corrected chi connectivity index (χ3v) is 3.33. The van der Waals surface area contributed by atoms with E-state index in [0.717, 1.165) is 23.5 Å². The van der Waals surface area contributed by atoms with E-state index in [4.69, 9.17) is 5.11 Å². The number of nitrogens with zero attached hydrogens (tertiary/aromatic N) is 1.